The Morgan fingerprint density at radius 1 is 1.05 bits per heavy atom. The maximum Gasteiger partial charge on any atom is 0.437 e. The number of hydrogen-bond donors (Lipinski definition) is 0. The summed E-state index contributed by atoms with van der Waals surface area (Å²) >= 11 is 0. The lowest BCUT2D eigenvalue weighted by molar-refractivity contribution is 0.481. The summed E-state index contributed by atoms with van der Waals surface area (Å²) in [6, 6.07) is 15.5. The van der Waals surface area contributed by atoms with Gasteiger partial charge in [0.1, 0.15) is 5.82 Å². The van der Waals surface area contributed by atoms with E-state index >= 15 is 0 Å². The number of nitrogens with zero attached hydrogens (tertiary/aromatic N) is 2. The molecule has 0 aliphatic rings. The number of halogens is 1. The Kier molecular flexibility index (Phi) is 3.64. The van der Waals surface area contributed by atoms with E-state index in [2.05, 4.69) is 5.10 Å². The summed E-state index contributed by atoms with van der Waals surface area (Å²) in [7, 11) is 0. The van der Waals surface area contributed by atoms with Gasteiger partial charge in [-0.25, -0.2) is 9.18 Å². The summed E-state index contributed by atoms with van der Waals surface area (Å²) in [4.78, 5) is 11.8. The van der Waals surface area contributed by atoms with Gasteiger partial charge in [-0.3, -0.25) is 0 Å². The van der Waals surface area contributed by atoms with Crippen LogP contribution in [0.4, 0.5) is 4.39 Å². The number of benzene rings is 2. The quantitative estimate of drug-likeness (QED) is 0.740. The summed E-state index contributed by atoms with van der Waals surface area (Å²) in [5, 5.41) is 4.14. The van der Waals surface area contributed by atoms with Gasteiger partial charge in [-0.15, -0.1) is 5.10 Å². The normalized spacial score (nSPS) is 10.7. The topological polar surface area (TPSA) is 48.0 Å². The molecule has 0 saturated carbocycles. The first kappa shape index (κ1) is 13.3. The van der Waals surface area contributed by atoms with Crippen LogP contribution in [-0.4, -0.2) is 9.78 Å². The molecule has 106 valence electrons. The zero-order valence-electron chi connectivity index (χ0n) is 11.2. The molecule has 1 aromatic heterocycles. The molecule has 4 nitrogen and oxygen atoms in total. The average molecular weight is 284 g/mol. The van der Waals surface area contributed by atoms with Crippen LogP contribution in [0, 0.1) is 5.82 Å². The van der Waals surface area contributed by atoms with Gasteiger partial charge in [0.25, 0.3) is 0 Å². The Bertz CT molecular complexity index is 776. The van der Waals surface area contributed by atoms with E-state index in [1.165, 1.54) is 28.9 Å². The molecule has 0 aliphatic carbocycles. The van der Waals surface area contributed by atoms with Crippen molar-refractivity contribution in [3.63, 3.8) is 0 Å². The fourth-order valence-electron chi connectivity index (χ4n) is 2.04. The molecule has 3 rings (SSSR count). The molecule has 0 saturated heterocycles. The predicted molar refractivity (Wildman–Crippen MR) is 76.3 cm³/mol. The van der Waals surface area contributed by atoms with E-state index in [9.17, 15) is 9.18 Å². The van der Waals surface area contributed by atoms with Gasteiger partial charge >= 0.3 is 5.76 Å². The number of aryl methyl sites for hydroxylation is 2. The van der Waals surface area contributed by atoms with Crippen LogP contribution >= 0.6 is 0 Å². The van der Waals surface area contributed by atoms with Gasteiger partial charge in [-0.2, -0.15) is 4.68 Å². The average Bonchev–Trinajstić information content (AvgIpc) is 2.88. The standard InChI is InChI=1S/C16H13FN2O2/c17-14-8-6-13(7-9-14)15-18-19(16(20)21-15)11-10-12-4-2-1-3-5-12/h1-9H,10-11H2. The van der Waals surface area contributed by atoms with Crippen LogP contribution in [0.5, 0.6) is 0 Å². The summed E-state index contributed by atoms with van der Waals surface area (Å²) in [5.74, 6) is -0.650. The molecule has 0 spiro atoms. The van der Waals surface area contributed by atoms with Crippen molar-refractivity contribution in [2.45, 2.75) is 13.0 Å². The van der Waals surface area contributed by atoms with Crippen molar-refractivity contribution in [1.82, 2.24) is 9.78 Å². The molecule has 21 heavy (non-hydrogen) atoms. The van der Waals surface area contributed by atoms with Crippen molar-refractivity contribution in [2.24, 2.45) is 0 Å². The van der Waals surface area contributed by atoms with Crippen molar-refractivity contribution in [3.8, 4) is 11.5 Å². The molecular formula is C16H13FN2O2. The monoisotopic (exact) mass is 284 g/mol. The van der Waals surface area contributed by atoms with Crippen LogP contribution in [-0.2, 0) is 13.0 Å². The van der Waals surface area contributed by atoms with Crippen LogP contribution in [0.1, 0.15) is 5.56 Å². The van der Waals surface area contributed by atoms with Crippen LogP contribution in [0.3, 0.4) is 0 Å². The molecule has 0 radical (unpaired) electrons. The SMILES string of the molecule is O=c1oc(-c2ccc(F)cc2)nn1CCc1ccccc1. The van der Waals surface area contributed by atoms with Crippen molar-refractivity contribution in [1.29, 1.82) is 0 Å². The highest BCUT2D eigenvalue weighted by Crippen LogP contribution is 2.15. The zero-order valence-corrected chi connectivity index (χ0v) is 11.2. The molecule has 0 amide bonds. The summed E-state index contributed by atoms with van der Waals surface area (Å²) < 4.78 is 19.3. The number of aromatic nitrogens is 2. The maximum atomic E-state index is 12.9. The molecule has 2 aromatic carbocycles. The van der Waals surface area contributed by atoms with Crippen LogP contribution < -0.4 is 5.76 Å². The van der Waals surface area contributed by atoms with E-state index in [-0.39, 0.29) is 11.7 Å². The van der Waals surface area contributed by atoms with Crippen molar-refractivity contribution in [3.05, 3.63) is 76.5 Å². The first-order valence-electron chi connectivity index (χ1n) is 6.60. The van der Waals surface area contributed by atoms with E-state index < -0.39 is 5.76 Å². The lowest BCUT2D eigenvalue weighted by Crippen LogP contribution is -2.17. The molecule has 0 atom stereocenters. The molecule has 1 heterocycles. The minimum absolute atomic E-state index is 0.202. The highest BCUT2D eigenvalue weighted by molar-refractivity contribution is 5.51. The molecule has 3 aromatic rings. The highest BCUT2D eigenvalue weighted by atomic mass is 19.1. The van der Waals surface area contributed by atoms with Gasteiger partial charge < -0.3 is 4.42 Å². The first-order chi connectivity index (χ1) is 10.2. The van der Waals surface area contributed by atoms with E-state index in [0.29, 0.717) is 18.5 Å². The number of hydrogen-bond acceptors (Lipinski definition) is 3. The fourth-order valence-corrected chi connectivity index (χ4v) is 2.04. The van der Waals surface area contributed by atoms with Crippen LogP contribution in [0.15, 0.2) is 63.8 Å². The molecule has 0 aliphatic heterocycles. The second kappa shape index (κ2) is 5.75. The third kappa shape index (κ3) is 3.08. The minimum atomic E-state index is -0.509. The summed E-state index contributed by atoms with van der Waals surface area (Å²) in [5.41, 5.74) is 1.70. The zero-order chi connectivity index (χ0) is 14.7. The fraction of sp³-hybridized carbons (Fsp3) is 0.125. The Morgan fingerprint density at radius 2 is 1.76 bits per heavy atom. The molecule has 0 fully saturated rings. The van der Waals surface area contributed by atoms with Crippen LogP contribution in [0.25, 0.3) is 11.5 Å². The summed E-state index contributed by atoms with van der Waals surface area (Å²) in [6.45, 7) is 0.438. The van der Waals surface area contributed by atoms with Gasteiger partial charge in [0, 0.05) is 5.56 Å². The molecule has 5 heteroatoms. The van der Waals surface area contributed by atoms with Gasteiger partial charge in [0.2, 0.25) is 5.89 Å². The van der Waals surface area contributed by atoms with E-state index in [1.807, 2.05) is 30.3 Å². The predicted octanol–water partition coefficient (Wildman–Crippen LogP) is 2.89. The maximum absolute atomic E-state index is 12.9. The number of rotatable bonds is 4. The Balaban J connectivity index is 1.78. The van der Waals surface area contributed by atoms with E-state index in [4.69, 9.17) is 4.42 Å². The van der Waals surface area contributed by atoms with E-state index in [0.717, 1.165) is 5.56 Å². The van der Waals surface area contributed by atoms with E-state index in [1.54, 1.807) is 0 Å². The first-order valence-corrected chi connectivity index (χ1v) is 6.60. The molecule has 0 N–H and O–H groups in total. The van der Waals surface area contributed by atoms with Gasteiger partial charge in [0.15, 0.2) is 0 Å². The third-order valence-electron chi connectivity index (χ3n) is 3.15. The molecular weight excluding hydrogens is 271 g/mol. The van der Waals surface area contributed by atoms with Crippen LogP contribution in [0.2, 0.25) is 0 Å². The Labute approximate surface area is 120 Å². The third-order valence-corrected chi connectivity index (χ3v) is 3.15. The second-order valence-electron chi connectivity index (χ2n) is 4.64. The molecule has 0 bridgehead atoms. The summed E-state index contributed by atoms with van der Waals surface area (Å²) in [6.07, 6.45) is 0.691. The lowest BCUT2D eigenvalue weighted by atomic mass is 10.2. The minimum Gasteiger partial charge on any atom is -0.388 e. The largest absolute Gasteiger partial charge is 0.437 e. The van der Waals surface area contributed by atoms with Gasteiger partial charge in [0.05, 0.1) is 6.54 Å². The highest BCUT2D eigenvalue weighted by Gasteiger charge is 2.10. The van der Waals surface area contributed by atoms with Gasteiger partial charge in [-0.05, 0) is 36.2 Å². The van der Waals surface area contributed by atoms with Crippen molar-refractivity contribution < 1.29 is 8.81 Å². The Morgan fingerprint density at radius 3 is 2.48 bits per heavy atom. The smallest absolute Gasteiger partial charge is 0.388 e. The second-order valence-corrected chi connectivity index (χ2v) is 4.64. The van der Waals surface area contributed by atoms with Gasteiger partial charge in [-0.1, -0.05) is 30.3 Å². The molecule has 0 unspecified atom stereocenters. The van der Waals surface area contributed by atoms with Crippen molar-refractivity contribution >= 4 is 0 Å². The van der Waals surface area contributed by atoms with Crippen molar-refractivity contribution in [2.75, 3.05) is 0 Å². The lowest BCUT2D eigenvalue weighted by Gasteiger charge is -1.99. The Hall–Kier alpha value is -2.69.